The van der Waals surface area contributed by atoms with Crippen LogP contribution >= 0.6 is 11.6 Å². The van der Waals surface area contributed by atoms with E-state index in [1.807, 2.05) is 0 Å². The molecule has 2 aromatic carbocycles. The number of nitro benzene ring substituents is 1. The van der Waals surface area contributed by atoms with Crippen molar-refractivity contribution in [2.75, 3.05) is 6.07 Å². The van der Waals surface area contributed by atoms with Crippen LogP contribution in [0.25, 0.3) is 10.8 Å². The SMILES string of the molecule is Cc1cncc2c([N+](=O)[O-])cc(OCCl)c(Oc3cccc(C(F)(F)F)c3)c12. The van der Waals surface area contributed by atoms with Gasteiger partial charge in [0.15, 0.2) is 17.6 Å². The predicted octanol–water partition coefficient (Wildman–Crippen LogP) is 5.84. The van der Waals surface area contributed by atoms with Crippen molar-refractivity contribution in [3.63, 3.8) is 0 Å². The molecule has 0 aliphatic carbocycles. The first-order chi connectivity index (χ1) is 13.2. The highest BCUT2D eigenvalue weighted by Gasteiger charge is 2.31. The summed E-state index contributed by atoms with van der Waals surface area (Å²) in [7, 11) is 0. The number of hydrogen-bond acceptors (Lipinski definition) is 5. The molecule has 1 aromatic heterocycles. The Morgan fingerprint density at radius 3 is 2.64 bits per heavy atom. The lowest BCUT2D eigenvalue weighted by Crippen LogP contribution is -2.05. The fourth-order valence-corrected chi connectivity index (χ4v) is 2.84. The molecule has 0 radical (unpaired) electrons. The Morgan fingerprint density at radius 2 is 2.00 bits per heavy atom. The van der Waals surface area contributed by atoms with Crippen molar-refractivity contribution in [2.24, 2.45) is 0 Å². The van der Waals surface area contributed by atoms with Crippen LogP contribution in [0.5, 0.6) is 17.2 Å². The van der Waals surface area contributed by atoms with Crippen LogP contribution in [0.3, 0.4) is 0 Å². The summed E-state index contributed by atoms with van der Waals surface area (Å²) in [5.41, 5.74) is -0.667. The monoisotopic (exact) mass is 412 g/mol. The van der Waals surface area contributed by atoms with Gasteiger partial charge in [-0.05, 0) is 30.7 Å². The van der Waals surface area contributed by atoms with E-state index in [9.17, 15) is 23.3 Å². The number of ether oxygens (including phenoxy) is 2. The molecule has 0 aliphatic rings. The van der Waals surface area contributed by atoms with Crippen molar-refractivity contribution in [1.82, 2.24) is 4.98 Å². The smallest absolute Gasteiger partial charge is 0.416 e. The summed E-state index contributed by atoms with van der Waals surface area (Å²) in [4.78, 5) is 14.8. The summed E-state index contributed by atoms with van der Waals surface area (Å²) in [6, 6.07) is 5.03. The number of benzene rings is 2. The van der Waals surface area contributed by atoms with Gasteiger partial charge in [0, 0.05) is 17.8 Å². The molecule has 0 unspecified atom stereocenters. The zero-order chi connectivity index (χ0) is 20.5. The molecule has 0 saturated heterocycles. The summed E-state index contributed by atoms with van der Waals surface area (Å²) < 4.78 is 49.9. The number of aryl methyl sites for hydroxylation is 1. The average molecular weight is 413 g/mol. The number of hydrogen-bond donors (Lipinski definition) is 0. The summed E-state index contributed by atoms with van der Waals surface area (Å²) >= 11 is 5.61. The number of aromatic nitrogens is 1. The lowest BCUT2D eigenvalue weighted by atomic mass is 10.1. The first-order valence-corrected chi connectivity index (χ1v) is 8.35. The van der Waals surface area contributed by atoms with Crippen LogP contribution in [0.2, 0.25) is 0 Å². The molecule has 3 rings (SSSR count). The minimum Gasteiger partial charge on any atom is -0.474 e. The van der Waals surface area contributed by atoms with Crippen molar-refractivity contribution < 1.29 is 27.6 Å². The maximum absolute atomic E-state index is 13.0. The highest BCUT2D eigenvalue weighted by molar-refractivity contribution is 6.17. The van der Waals surface area contributed by atoms with Gasteiger partial charge in [-0.25, -0.2) is 0 Å². The van der Waals surface area contributed by atoms with Crippen LogP contribution in [-0.2, 0) is 6.18 Å². The van der Waals surface area contributed by atoms with Crippen LogP contribution < -0.4 is 9.47 Å². The zero-order valence-electron chi connectivity index (χ0n) is 14.3. The number of fused-ring (bicyclic) bond motifs is 1. The maximum Gasteiger partial charge on any atom is 0.416 e. The topological polar surface area (TPSA) is 74.5 Å². The van der Waals surface area contributed by atoms with Crippen LogP contribution in [0.1, 0.15) is 11.1 Å². The predicted molar refractivity (Wildman–Crippen MR) is 96.0 cm³/mol. The van der Waals surface area contributed by atoms with Crippen LogP contribution in [0.4, 0.5) is 18.9 Å². The fourth-order valence-electron chi connectivity index (χ4n) is 2.72. The van der Waals surface area contributed by atoms with E-state index < -0.39 is 16.7 Å². The third-order valence-corrected chi connectivity index (χ3v) is 4.03. The Bertz CT molecular complexity index is 1060. The van der Waals surface area contributed by atoms with E-state index in [-0.39, 0.29) is 34.4 Å². The lowest BCUT2D eigenvalue weighted by Gasteiger charge is -2.16. The third kappa shape index (κ3) is 3.79. The first kappa shape index (κ1) is 19.7. The maximum atomic E-state index is 13.0. The van der Waals surface area contributed by atoms with E-state index in [0.717, 1.165) is 18.2 Å². The first-order valence-electron chi connectivity index (χ1n) is 7.82. The molecule has 0 N–H and O–H groups in total. The van der Waals surface area contributed by atoms with Gasteiger partial charge in [-0.1, -0.05) is 17.7 Å². The fraction of sp³-hybridized carbons (Fsp3) is 0.167. The minimum absolute atomic E-state index is 0.0143. The second-order valence-electron chi connectivity index (χ2n) is 5.74. The standard InChI is InChI=1S/C18H12ClF3N2O4/c1-10-7-23-8-13-14(24(25)26)6-15(27-9-19)17(16(10)13)28-12-4-2-3-11(5-12)18(20,21)22/h2-8H,9H2,1H3. The highest BCUT2D eigenvalue weighted by Crippen LogP contribution is 2.45. The van der Waals surface area contributed by atoms with Gasteiger partial charge in [0.05, 0.1) is 21.9 Å². The number of halogens is 4. The minimum atomic E-state index is -4.55. The number of nitrogens with zero attached hydrogens (tertiary/aromatic N) is 2. The van der Waals surface area contributed by atoms with Crippen molar-refractivity contribution in [1.29, 1.82) is 0 Å². The van der Waals surface area contributed by atoms with E-state index >= 15 is 0 Å². The Balaban J connectivity index is 2.24. The molecule has 0 aliphatic heterocycles. The number of alkyl halides is 4. The second kappa shape index (κ2) is 7.51. The summed E-state index contributed by atoms with van der Waals surface area (Å²) in [5.74, 6) is -0.165. The van der Waals surface area contributed by atoms with Gasteiger partial charge >= 0.3 is 6.18 Å². The Labute approximate surface area is 161 Å². The van der Waals surface area contributed by atoms with Gasteiger partial charge in [0.2, 0.25) is 0 Å². The van der Waals surface area contributed by atoms with Crippen molar-refractivity contribution in [3.05, 3.63) is 64.0 Å². The number of pyridine rings is 1. The molecule has 1 heterocycles. The van der Waals surface area contributed by atoms with E-state index in [1.165, 1.54) is 24.5 Å². The third-order valence-electron chi connectivity index (χ3n) is 3.92. The molecule has 3 aromatic rings. The molecule has 0 amide bonds. The molecule has 0 fully saturated rings. The van der Waals surface area contributed by atoms with Gasteiger partial charge in [-0.2, -0.15) is 13.2 Å². The van der Waals surface area contributed by atoms with Crippen molar-refractivity contribution in [2.45, 2.75) is 13.1 Å². The molecule has 10 heteroatoms. The molecule has 146 valence electrons. The van der Waals surface area contributed by atoms with Gasteiger partial charge in [0.25, 0.3) is 5.69 Å². The van der Waals surface area contributed by atoms with E-state index in [0.29, 0.717) is 10.9 Å². The van der Waals surface area contributed by atoms with Crippen LogP contribution in [-0.4, -0.2) is 16.0 Å². The number of nitro groups is 1. The summed E-state index contributed by atoms with van der Waals surface area (Å²) in [6.45, 7) is 1.64. The summed E-state index contributed by atoms with van der Waals surface area (Å²) in [6.07, 6.45) is -1.81. The number of non-ortho nitro benzene ring substituents is 1. The second-order valence-corrected chi connectivity index (χ2v) is 5.96. The highest BCUT2D eigenvalue weighted by atomic mass is 35.5. The molecule has 0 atom stereocenters. The molecule has 0 spiro atoms. The molecule has 28 heavy (non-hydrogen) atoms. The molecule has 0 bridgehead atoms. The Morgan fingerprint density at radius 1 is 1.25 bits per heavy atom. The lowest BCUT2D eigenvalue weighted by molar-refractivity contribution is -0.383. The van der Waals surface area contributed by atoms with E-state index in [1.54, 1.807) is 6.92 Å². The average Bonchev–Trinajstić information content (AvgIpc) is 2.63. The Kier molecular flexibility index (Phi) is 5.28. The van der Waals surface area contributed by atoms with Crippen LogP contribution in [0, 0.1) is 17.0 Å². The van der Waals surface area contributed by atoms with Crippen LogP contribution in [0.15, 0.2) is 42.7 Å². The number of rotatable bonds is 5. The van der Waals surface area contributed by atoms with Crippen molar-refractivity contribution in [3.8, 4) is 17.2 Å². The largest absolute Gasteiger partial charge is 0.474 e. The van der Waals surface area contributed by atoms with Gasteiger partial charge in [-0.3, -0.25) is 15.1 Å². The van der Waals surface area contributed by atoms with E-state index in [4.69, 9.17) is 21.1 Å². The normalized spacial score (nSPS) is 11.5. The summed E-state index contributed by atoms with van der Waals surface area (Å²) in [5, 5.41) is 11.9. The molecule has 6 nitrogen and oxygen atoms in total. The molecule has 0 saturated carbocycles. The van der Waals surface area contributed by atoms with E-state index in [2.05, 4.69) is 4.98 Å². The molecular weight excluding hydrogens is 401 g/mol. The van der Waals surface area contributed by atoms with Gasteiger partial charge in [-0.15, -0.1) is 0 Å². The quantitative estimate of drug-likeness (QED) is 0.299. The van der Waals surface area contributed by atoms with Gasteiger partial charge in [0.1, 0.15) is 5.75 Å². The zero-order valence-corrected chi connectivity index (χ0v) is 15.0. The molecular formula is C18H12ClF3N2O4. The van der Waals surface area contributed by atoms with Crippen molar-refractivity contribution >= 4 is 28.1 Å². The Hall–Kier alpha value is -3.07. The van der Waals surface area contributed by atoms with Gasteiger partial charge < -0.3 is 9.47 Å².